The number of amides is 2. The van der Waals surface area contributed by atoms with Crippen molar-refractivity contribution in [2.45, 2.75) is 6.92 Å². The third kappa shape index (κ3) is 5.01. The largest absolute Gasteiger partial charge is 0.489 e. The van der Waals surface area contributed by atoms with Crippen LogP contribution >= 0.6 is 0 Å². The van der Waals surface area contributed by atoms with E-state index in [9.17, 15) is 14.0 Å². The average Bonchev–Trinajstić information content (AvgIpc) is 3.25. The fourth-order valence-corrected chi connectivity index (χ4v) is 2.66. The molecule has 1 heterocycles. The molecule has 0 aliphatic carbocycles. The van der Waals surface area contributed by atoms with E-state index in [1.165, 1.54) is 23.3 Å². The van der Waals surface area contributed by atoms with E-state index in [4.69, 9.17) is 9.15 Å². The van der Waals surface area contributed by atoms with Crippen LogP contribution in [0.15, 0.2) is 65.3 Å². The van der Waals surface area contributed by atoms with Gasteiger partial charge in [-0.3, -0.25) is 9.59 Å². The fraction of sp³-hybridized carbons (Fsp3) is 0.182. The van der Waals surface area contributed by atoms with Gasteiger partial charge in [-0.2, -0.15) is 0 Å². The van der Waals surface area contributed by atoms with E-state index in [1.807, 2.05) is 6.92 Å². The van der Waals surface area contributed by atoms with Gasteiger partial charge >= 0.3 is 0 Å². The third-order valence-electron chi connectivity index (χ3n) is 4.35. The maximum absolute atomic E-state index is 13.6. The Balaban J connectivity index is 1.62. The summed E-state index contributed by atoms with van der Waals surface area (Å²) >= 11 is 0. The zero-order valence-corrected chi connectivity index (χ0v) is 16.1. The molecule has 6 nitrogen and oxygen atoms in total. The molecule has 0 atom stereocenters. The summed E-state index contributed by atoms with van der Waals surface area (Å²) in [5.74, 6) is -0.753. The number of carbonyl (C=O) groups excluding carboxylic acids is 2. The maximum Gasteiger partial charge on any atom is 0.291 e. The first-order chi connectivity index (χ1) is 14.0. The average molecular weight is 396 g/mol. The predicted molar refractivity (Wildman–Crippen MR) is 107 cm³/mol. The molecule has 150 valence electrons. The van der Waals surface area contributed by atoms with Crippen molar-refractivity contribution in [2.75, 3.05) is 25.5 Å². The first-order valence-electron chi connectivity index (χ1n) is 9.04. The van der Waals surface area contributed by atoms with E-state index >= 15 is 0 Å². The van der Waals surface area contributed by atoms with Crippen molar-refractivity contribution in [3.8, 4) is 5.75 Å². The fourth-order valence-electron chi connectivity index (χ4n) is 2.66. The number of carbonyl (C=O) groups is 2. The molecule has 0 saturated carbocycles. The summed E-state index contributed by atoms with van der Waals surface area (Å²) in [5, 5.41) is 2.75. The molecule has 1 aromatic heterocycles. The molecule has 29 heavy (non-hydrogen) atoms. The number of nitrogens with one attached hydrogen (secondary N) is 1. The Bertz CT molecular complexity index is 1000. The molecule has 7 heteroatoms. The summed E-state index contributed by atoms with van der Waals surface area (Å²) in [7, 11) is 1.63. The number of likely N-dealkylation sites (N-methyl/N-ethyl adjacent to an activating group) is 1. The Hall–Kier alpha value is -3.61. The standard InChI is InChI=1S/C22H21FN2O4/c1-15-9-10-16(14-18(15)24-21(26)20-8-5-12-28-20)22(27)25(2)11-13-29-19-7-4-3-6-17(19)23/h3-10,12,14H,11,13H2,1-2H3,(H,24,26). The van der Waals surface area contributed by atoms with E-state index in [0.717, 1.165) is 5.56 Å². The number of hydrogen-bond donors (Lipinski definition) is 1. The van der Waals surface area contributed by atoms with Gasteiger partial charge < -0.3 is 19.4 Å². The summed E-state index contributed by atoms with van der Waals surface area (Å²) in [6.07, 6.45) is 1.42. The van der Waals surface area contributed by atoms with Crippen LogP contribution in [-0.2, 0) is 0 Å². The summed E-state index contributed by atoms with van der Waals surface area (Å²) in [6, 6.07) is 14.4. The summed E-state index contributed by atoms with van der Waals surface area (Å²) in [4.78, 5) is 26.4. The van der Waals surface area contributed by atoms with Crippen LogP contribution < -0.4 is 10.1 Å². The lowest BCUT2D eigenvalue weighted by Gasteiger charge is -2.18. The highest BCUT2D eigenvalue weighted by Crippen LogP contribution is 2.19. The first kappa shape index (κ1) is 20.1. The van der Waals surface area contributed by atoms with Gasteiger partial charge in [0.25, 0.3) is 11.8 Å². The molecule has 2 amide bonds. The lowest BCUT2D eigenvalue weighted by molar-refractivity contribution is 0.0772. The number of nitrogens with zero attached hydrogens (tertiary/aromatic N) is 1. The van der Waals surface area contributed by atoms with E-state index in [-0.39, 0.29) is 30.6 Å². The smallest absolute Gasteiger partial charge is 0.291 e. The summed E-state index contributed by atoms with van der Waals surface area (Å²) < 4.78 is 24.1. The molecule has 2 aromatic carbocycles. The minimum atomic E-state index is -0.447. The van der Waals surface area contributed by atoms with Crippen molar-refractivity contribution in [1.29, 1.82) is 0 Å². The van der Waals surface area contributed by atoms with Crippen LogP contribution in [-0.4, -0.2) is 36.9 Å². The third-order valence-corrected chi connectivity index (χ3v) is 4.35. The minimum Gasteiger partial charge on any atom is -0.489 e. The van der Waals surface area contributed by atoms with E-state index < -0.39 is 11.7 Å². The first-order valence-corrected chi connectivity index (χ1v) is 9.04. The second-order valence-corrected chi connectivity index (χ2v) is 6.47. The van der Waals surface area contributed by atoms with Gasteiger partial charge in [0.2, 0.25) is 0 Å². The van der Waals surface area contributed by atoms with Gasteiger partial charge in [0.15, 0.2) is 17.3 Å². The van der Waals surface area contributed by atoms with Gasteiger partial charge in [-0.25, -0.2) is 4.39 Å². The van der Waals surface area contributed by atoms with Crippen LogP contribution in [0, 0.1) is 12.7 Å². The second kappa shape index (κ2) is 9.05. The Morgan fingerprint density at radius 1 is 1.14 bits per heavy atom. The normalized spacial score (nSPS) is 10.4. The second-order valence-electron chi connectivity index (χ2n) is 6.47. The lowest BCUT2D eigenvalue weighted by Crippen LogP contribution is -2.31. The van der Waals surface area contributed by atoms with Gasteiger partial charge in [0, 0.05) is 18.3 Å². The Morgan fingerprint density at radius 3 is 2.66 bits per heavy atom. The number of benzene rings is 2. The lowest BCUT2D eigenvalue weighted by atomic mass is 10.1. The zero-order valence-electron chi connectivity index (χ0n) is 16.1. The molecule has 3 rings (SSSR count). The number of furan rings is 1. The maximum atomic E-state index is 13.6. The molecule has 0 spiro atoms. The molecule has 3 aromatic rings. The minimum absolute atomic E-state index is 0.145. The molecule has 0 bridgehead atoms. The summed E-state index contributed by atoms with van der Waals surface area (Å²) in [6.45, 7) is 2.25. The SMILES string of the molecule is Cc1ccc(C(=O)N(C)CCOc2ccccc2F)cc1NC(=O)c1ccco1. The van der Waals surface area contributed by atoms with Crippen LogP contribution in [0.4, 0.5) is 10.1 Å². The molecule has 0 fully saturated rings. The van der Waals surface area contributed by atoms with Gasteiger partial charge in [0.1, 0.15) is 6.61 Å². The number of hydrogen-bond acceptors (Lipinski definition) is 4. The summed E-state index contributed by atoms with van der Waals surface area (Å²) in [5.41, 5.74) is 1.75. The van der Waals surface area contributed by atoms with Gasteiger partial charge in [-0.1, -0.05) is 18.2 Å². The highest BCUT2D eigenvalue weighted by atomic mass is 19.1. The Kier molecular flexibility index (Phi) is 6.29. The van der Waals surface area contributed by atoms with Crippen LogP contribution in [0.5, 0.6) is 5.75 Å². The van der Waals surface area contributed by atoms with Crippen LogP contribution in [0.3, 0.4) is 0 Å². The number of halogens is 1. The highest BCUT2D eigenvalue weighted by molar-refractivity contribution is 6.03. The molecule has 0 unspecified atom stereocenters. The number of rotatable bonds is 7. The van der Waals surface area contributed by atoms with Crippen LogP contribution in [0.2, 0.25) is 0 Å². The van der Waals surface area contributed by atoms with Gasteiger partial charge in [-0.15, -0.1) is 0 Å². The van der Waals surface area contributed by atoms with Crippen molar-refractivity contribution in [1.82, 2.24) is 4.90 Å². The van der Waals surface area contributed by atoms with Crippen molar-refractivity contribution in [2.24, 2.45) is 0 Å². The number of anilines is 1. The zero-order chi connectivity index (χ0) is 20.8. The quantitative estimate of drug-likeness (QED) is 0.652. The number of ether oxygens (including phenoxy) is 1. The Labute approximate surface area is 167 Å². The molecule has 0 radical (unpaired) electrons. The van der Waals surface area contributed by atoms with Gasteiger partial charge in [0.05, 0.1) is 12.8 Å². The van der Waals surface area contributed by atoms with Gasteiger partial charge in [-0.05, 0) is 48.9 Å². The van der Waals surface area contributed by atoms with Crippen molar-refractivity contribution in [3.05, 3.63) is 83.6 Å². The van der Waals surface area contributed by atoms with Crippen molar-refractivity contribution in [3.63, 3.8) is 0 Å². The Morgan fingerprint density at radius 2 is 1.93 bits per heavy atom. The molecular formula is C22H21FN2O4. The molecule has 0 saturated heterocycles. The number of para-hydroxylation sites is 1. The van der Waals surface area contributed by atoms with E-state index in [1.54, 1.807) is 49.5 Å². The van der Waals surface area contributed by atoms with E-state index in [0.29, 0.717) is 11.3 Å². The molecular weight excluding hydrogens is 375 g/mol. The number of aryl methyl sites for hydroxylation is 1. The predicted octanol–water partition coefficient (Wildman–Crippen LogP) is 4.13. The van der Waals surface area contributed by atoms with Crippen molar-refractivity contribution < 1.29 is 23.1 Å². The molecule has 0 aliphatic rings. The molecule has 1 N–H and O–H groups in total. The molecule has 0 aliphatic heterocycles. The monoisotopic (exact) mass is 396 g/mol. The van der Waals surface area contributed by atoms with Crippen molar-refractivity contribution >= 4 is 17.5 Å². The van der Waals surface area contributed by atoms with Crippen LogP contribution in [0.1, 0.15) is 26.5 Å². The van der Waals surface area contributed by atoms with E-state index in [2.05, 4.69) is 5.32 Å². The van der Waals surface area contributed by atoms with Crippen LogP contribution in [0.25, 0.3) is 0 Å². The highest BCUT2D eigenvalue weighted by Gasteiger charge is 2.16. The topological polar surface area (TPSA) is 71.8 Å².